The molecule has 0 amide bonds. The van der Waals surface area contributed by atoms with Gasteiger partial charge in [-0.2, -0.15) is 0 Å². The third-order valence-corrected chi connectivity index (χ3v) is 15.9. The van der Waals surface area contributed by atoms with Gasteiger partial charge in [-0.3, -0.25) is 0 Å². The van der Waals surface area contributed by atoms with Crippen LogP contribution in [-0.2, 0) is 35.6 Å². The number of imidazole rings is 1. The molecular formula is C68H60N4O2Pt-2. The van der Waals surface area contributed by atoms with Crippen LogP contribution in [0.4, 0.5) is 0 Å². The molecule has 4 heterocycles. The van der Waals surface area contributed by atoms with Crippen molar-refractivity contribution < 1.29 is 32.9 Å². The van der Waals surface area contributed by atoms with Gasteiger partial charge in [-0.1, -0.05) is 58.9 Å². The summed E-state index contributed by atoms with van der Waals surface area (Å²) in [6.07, 6.45) is 2.58. The van der Waals surface area contributed by atoms with Crippen molar-refractivity contribution in [2.24, 2.45) is 0 Å². The molecule has 6 nitrogen and oxygen atoms in total. The summed E-state index contributed by atoms with van der Waals surface area (Å²) in [4.78, 5) is 5.06. The fourth-order valence-corrected chi connectivity index (χ4v) is 11.7. The Morgan fingerprint density at radius 1 is 0.600 bits per heavy atom. The number of fused-ring (bicyclic) bond motifs is 5. The van der Waals surface area contributed by atoms with Gasteiger partial charge >= 0.3 is 320 Å². The van der Waals surface area contributed by atoms with E-state index in [0.29, 0.717) is 35.0 Å². The number of hydrogen-bond acceptors (Lipinski definition) is 3. The van der Waals surface area contributed by atoms with Gasteiger partial charge in [-0.25, -0.2) is 0 Å². The Morgan fingerprint density at radius 2 is 1.23 bits per heavy atom. The third kappa shape index (κ3) is 8.67. The van der Waals surface area contributed by atoms with E-state index in [2.05, 4.69) is 229 Å². The Kier molecular flexibility index (Phi) is 11.0. The number of hydrogen-bond donors (Lipinski definition) is 0. The van der Waals surface area contributed by atoms with Crippen molar-refractivity contribution in [2.45, 2.75) is 84.9 Å². The van der Waals surface area contributed by atoms with E-state index in [-0.39, 0.29) is 21.8 Å². The molecule has 75 heavy (non-hydrogen) atoms. The molecule has 0 N–H and O–H groups in total. The summed E-state index contributed by atoms with van der Waals surface area (Å²) in [5, 5.41) is 1.91. The summed E-state index contributed by atoms with van der Waals surface area (Å²) in [5.74, 6) is 2.23. The molecule has 0 aliphatic carbocycles. The molecule has 0 radical (unpaired) electrons. The van der Waals surface area contributed by atoms with Crippen LogP contribution in [0, 0.1) is 22.8 Å². The SMILES string of the molecule is [2H]C([2H])([2H])c1cc(-n2c3[c-]c(Oc4[c-]c(-n5[c](=[Pt])n(-c6c(-c7ccccc7)cc(C(C)(C)C)cc6-c6ccccc6)c6ccccc65)ccc4)ccc3c3cc4c(cc32)OCCC4(C)C)ncc1-c1ccc(C(C)(C)C)cc1. The Balaban J connectivity index is 1.00. The molecule has 12 rings (SSSR count). The Hall–Kier alpha value is -7.53. The van der Waals surface area contributed by atoms with Crippen LogP contribution in [0.2, 0.25) is 0 Å². The van der Waals surface area contributed by atoms with Crippen LogP contribution in [0.5, 0.6) is 17.2 Å². The van der Waals surface area contributed by atoms with Gasteiger partial charge in [0.2, 0.25) is 0 Å². The molecule has 0 fully saturated rings. The van der Waals surface area contributed by atoms with E-state index in [1.165, 1.54) is 5.56 Å². The summed E-state index contributed by atoms with van der Waals surface area (Å²) < 4.78 is 47.2. The molecule has 0 saturated heterocycles. The van der Waals surface area contributed by atoms with Gasteiger partial charge in [0.25, 0.3) is 0 Å². The van der Waals surface area contributed by atoms with Crippen molar-refractivity contribution in [3.63, 3.8) is 0 Å². The van der Waals surface area contributed by atoms with E-state index in [4.69, 9.17) is 18.6 Å². The number of aryl methyl sites for hydroxylation is 1. The average Bonchev–Trinajstić information content (AvgIpc) is 4.13. The van der Waals surface area contributed by atoms with E-state index in [9.17, 15) is 0 Å². The van der Waals surface area contributed by atoms with E-state index in [1.54, 1.807) is 12.3 Å². The van der Waals surface area contributed by atoms with Crippen molar-refractivity contribution in [1.82, 2.24) is 18.7 Å². The van der Waals surface area contributed by atoms with Crippen LogP contribution in [-0.4, -0.2) is 25.3 Å². The van der Waals surface area contributed by atoms with E-state index in [0.717, 1.165) is 93.6 Å². The molecule has 7 heteroatoms. The number of pyridine rings is 1. The maximum atomic E-state index is 8.82. The first kappa shape index (κ1) is 44.9. The molecular weight excluding hydrogens is 1100 g/mol. The van der Waals surface area contributed by atoms with Gasteiger partial charge in [-0.05, 0) is 46.4 Å². The minimum atomic E-state index is -2.44. The first-order valence-electron chi connectivity index (χ1n) is 27.2. The smallest absolute Gasteiger partial charge is 0.493 e. The number of para-hydroxylation sites is 2. The van der Waals surface area contributed by atoms with Crippen molar-refractivity contribution in [3.05, 3.63) is 214 Å². The maximum absolute atomic E-state index is 8.82. The second-order valence-electron chi connectivity index (χ2n) is 22.5. The van der Waals surface area contributed by atoms with Gasteiger partial charge in [0.15, 0.2) is 0 Å². The predicted molar refractivity (Wildman–Crippen MR) is 304 cm³/mol. The quantitative estimate of drug-likeness (QED) is 0.142. The molecule has 8 aromatic carbocycles. The minimum absolute atomic E-state index is 0.0528. The Labute approximate surface area is 455 Å². The minimum Gasteiger partial charge on any atom is -0.493 e. The standard InChI is InChI=1S/C68H60N4O2.Pt/c1-44-35-64(69-42-57(44)47-27-29-48(30-28-47)66(2,3)4)72-61-39-52(31-32-53(61)56-40-58-63(41-62(56)72)73-34-33-68(58,8)9)74-51-24-18-23-50(38-51)70-43-71(60-26-17-16-25-59(60)70)65-54(45-19-12-10-13-20-45)36-49(67(5,6)7)37-55(65)46-21-14-11-15-22-46;/h10-32,35-37,40-42H,33-34H2,1-9H3;/q-2;/i1D3;. The zero-order valence-electron chi connectivity index (χ0n) is 46.6. The number of benzene rings is 8. The second-order valence-corrected chi connectivity index (χ2v) is 23.5. The molecule has 0 atom stereocenters. The molecule has 376 valence electrons. The first-order chi connectivity index (χ1) is 37.2. The van der Waals surface area contributed by atoms with Crippen molar-refractivity contribution in [1.29, 1.82) is 0 Å². The van der Waals surface area contributed by atoms with Gasteiger partial charge < -0.3 is 4.74 Å². The second kappa shape index (κ2) is 18.4. The van der Waals surface area contributed by atoms with Crippen LogP contribution in [0.1, 0.15) is 88.2 Å². The summed E-state index contributed by atoms with van der Waals surface area (Å²) >= 11 is 2.47. The normalized spacial score (nSPS) is 14.3. The van der Waals surface area contributed by atoms with E-state index in [1.807, 2.05) is 34.9 Å². The molecule has 0 unspecified atom stereocenters. The van der Waals surface area contributed by atoms with Gasteiger partial charge in [-0.15, -0.1) is 0 Å². The third-order valence-electron chi connectivity index (χ3n) is 14.9. The number of nitrogens with zero attached hydrogens (tertiary/aromatic N) is 4. The zero-order valence-corrected chi connectivity index (χ0v) is 45.9. The number of ether oxygens (including phenoxy) is 2. The van der Waals surface area contributed by atoms with Gasteiger partial charge in [0.1, 0.15) is 5.75 Å². The van der Waals surface area contributed by atoms with Gasteiger partial charge in [0, 0.05) is 15.9 Å². The van der Waals surface area contributed by atoms with Crippen molar-refractivity contribution in [3.8, 4) is 67.8 Å². The van der Waals surface area contributed by atoms with Crippen molar-refractivity contribution in [2.75, 3.05) is 6.61 Å². The molecule has 3 aromatic heterocycles. The Morgan fingerprint density at radius 3 is 1.88 bits per heavy atom. The Bertz CT molecular complexity index is 4130. The van der Waals surface area contributed by atoms with Gasteiger partial charge in [0.05, 0.1) is 6.61 Å². The van der Waals surface area contributed by atoms with Crippen molar-refractivity contribution >= 4 is 32.8 Å². The van der Waals surface area contributed by atoms with Crippen LogP contribution < -0.4 is 9.47 Å². The molecule has 0 saturated carbocycles. The topological polar surface area (TPSA) is 46.1 Å². The monoisotopic (exact) mass is 1160 g/mol. The molecule has 1 aliphatic rings. The van der Waals surface area contributed by atoms with Crippen LogP contribution in [0.25, 0.3) is 83.4 Å². The fourth-order valence-electron chi connectivity index (χ4n) is 10.7. The summed E-state index contributed by atoms with van der Waals surface area (Å²) in [5.41, 5.74) is 14.9. The predicted octanol–water partition coefficient (Wildman–Crippen LogP) is 17.3. The zero-order chi connectivity index (χ0) is 54.5. The van der Waals surface area contributed by atoms with E-state index < -0.39 is 6.85 Å². The summed E-state index contributed by atoms with van der Waals surface area (Å²) in [7, 11) is 0. The first-order valence-corrected chi connectivity index (χ1v) is 26.8. The summed E-state index contributed by atoms with van der Waals surface area (Å²) in [6, 6.07) is 66.1. The molecule has 11 aromatic rings. The summed E-state index contributed by atoms with van der Waals surface area (Å²) in [6.45, 7) is 16.0. The van der Waals surface area contributed by atoms with Crippen LogP contribution >= 0.6 is 0 Å². The number of rotatable bonds is 8. The van der Waals surface area contributed by atoms with Crippen LogP contribution in [0.15, 0.2) is 176 Å². The molecule has 1 aliphatic heterocycles. The molecule has 0 spiro atoms. The van der Waals surface area contributed by atoms with E-state index >= 15 is 0 Å². The molecule has 0 bridgehead atoms. The van der Waals surface area contributed by atoms with Crippen LogP contribution in [0.3, 0.4) is 0 Å². The number of aromatic nitrogens is 4. The average molecular weight is 1160 g/mol. The fraction of sp³-hybridized carbons (Fsp3) is 0.206.